The highest BCUT2D eigenvalue weighted by atomic mass is 16.7. The van der Waals surface area contributed by atoms with Crippen molar-refractivity contribution in [3.8, 4) is 0 Å². The molecule has 0 aliphatic carbocycles. The fourth-order valence-corrected chi connectivity index (χ4v) is 2.89. The van der Waals surface area contributed by atoms with Crippen LogP contribution in [0.25, 0.3) is 16.8 Å². The Morgan fingerprint density at radius 3 is 2.17 bits per heavy atom. The fraction of sp³-hybridized carbons (Fsp3) is 0.455. The van der Waals surface area contributed by atoms with Gasteiger partial charge in [-0.15, -0.1) is 0 Å². The van der Waals surface area contributed by atoms with Gasteiger partial charge in [0.15, 0.2) is 5.79 Å². The van der Waals surface area contributed by atoms with Crippen LogP contribution in [0.15, 0.2) is 36.4 Å². The van der Waals surface area contributed by atoms with Crippen molar-refractivity contribution in [3.63, 3.8) is 0 Å². The lowest BCUT2D eigenvalue weighted by Crippen LogP contribution is -2.29. The van der Waals surface area contributed by atoms with Crippen LogP contribution in [-0.2, 0) is 15.3 Å². The Labute approximate surface area is 147 Å². The van der Waals surface area contributed by atoms with E-state index in [2.05, 4.69) is 49.4 Å². The molecule has 0 atom stereocenters. The van der Waals surface area contributed by atoms with Crippen molar-refractivity contribution in [1.29, 1.82) is 0 Å². The van der Waals surface area contributed by atoms with Gasteiger partial charge < -0.3 is 9.47 Å². The second-order valence-corrected chi connectivity index (χ2v) is 5.54. The van der Waals surface area contributed by atoms with Gasteiger partial charge in [0, 0.05) is 18.8 Å². The lowest BCUT2D eigenvalue weighted by Gasteiger charge is -2.30. The van der Waals surface area contributed by atoms with Gasteiger partial charge in [0.1, 0.15) is 0 Å². The number of rotatable bonds is 6. The van der Waals surface area contributed by atoms with E-state index in [9.17, 15) is 0 Å². The summed E-state index contributed by atoms with van der Waals surface area (Å²) in [7, 11) is 0. The first-order valence-corrected chi connectivity index (χ1v) is 9.00. The molecule has 0 aromatic heterocycles. The van der Waals surface area contributed by atoms with Gasteiger partial charge in [0.2, 0.25) is 0 Å². The van der Waals surface area contributed by atoms with Crippen molar-refractivity contribution >= 4 is 16.8 Å². The maximum atomic E-state index is 5.87. The molecule has 0 radical (unpaired) electrons. The molecule has 0 bridgehead atoms. The van der Waals surface area contributed by atoms with Crippen LogP contribution in [0, 0.1) is 6.92 Å². The molecule has 2 heteroatoms. The van der Waals surface area contributed by atoms with E-state index >= 15 is 0 Å². The topological polar surface area (TPSA) is 18.5 Å². The number of hydrogen-bond acceptors (Lipinski definition) is 2. The molecule has 2 nitrogen and oxygen atoms in total. The van der Waals surface area contributed by atoms with E-state index in [1.54, 1.807) is 0 Å². The third kappa shape index (κ3) is 4.46. The number of hydrogen-bond donors (Lipinski definition) is 0. The lowest BCUT2D eigenvalue weighted by molar-refractivity contribution is -0.229. The van der Waals surface area contributed by atoms with Crippen molar-refractivity contribution in [2.45, 2.75) is 54.3 Å². The van der Waals surface area contributed by atoms with E-state index in [0.29, 0.717) is 13.2 Å². The van der Waals surface area contributed by atoms with Crippen LogP contribution in [-0.4, -0.2) is 13.2 Å². The minimum atomic E-state index is -0.691. The van der Waals surface area contributed by atoms with Crippen LogP contribution >= 0.6 is 0 Å². The van der Waals surface area contributed by atoms with Crippen molar-refractivity contribution in [2.24, 2.45) is 0 Å². The first kappa shape index (κ1) is 20.4. The molecule has 2 aromatic carbocycles. The molecule has 24 heavy (non-hydrogen) atoms. The number of benzene rings is 2. The molecule has 0 amide bonds. The zero-order valence-electron chi connectivity index (χ0n) is 16.3. The van der Waals surface area contributed by atoms with Gasteiger partial charge >= 0.3 is 0 Å². The fourth-order valence-electron chi connectivity index (χ4n) is 2.89. The van der Waals surface area contributed by atoms with Crippen molar-refractivity contribution in [2.75, 3.05) is 13.2 Å². The first-order valence-electron chi connectivity index (χ1n) is 9.00. The Balaban J connectivity index is 0.00000139. The van der Waals surface area contributed by atoms with Crippen LogP contribution < -0.4 is 0 Å². The average molecular weight is 328 g/mol. The van der Waals surface area contributed by atoms with Gasteiger partial charge in [-0.05, 0) is 62.6 Å². The molecule has 2 aromatic rings. The minimum Gasteiger partial charge on any atom is -0.346 e. The van der Waals surface area contributed by atoms with Crippen LogP contribution in [0.4, 0.5) is 0 Å². The predicted molar refractivity (Wildman–Crippen MR) is 105 cm³/mol. The number of aryl methyl sites for hydroxylation is 1. The summed E-state index contributed by atoms with van der Waals surface area (Å²) in [5.74, 6) is -0.691. The monoisotopic (exact) mass is 328 g/mol. The molecule has 0 saturated carbocycles. The SMILES string of the molecule is C/C=C\c1c(C)ccc2cc(C(C)(OCC)OCC)ccc12.CC. The summed E-state index contributed by atoms with van der Waals surface area (Å²) < 4.78 is 11.7. The Morgan fingerprint density at radius 1 is 1.00 bits per heavy atom. The molecule has 0 heterocycles. The number of ether oxygens (including phenoxy) is 2. The molecule has 0 N–H and O–H groups in total. The van der Waals surface area contributed by atoms with E-state index in [0.717, 1.165) is 5.56 Å². The zero-order chi connectivity index (χ0) is 18.2. The Hall–Kier alpha value is -1.64. The molecular formula is C22H32O2. The van der Waals surface area contributed by atoms with Crippen molar-refractivity contribution < 1.29 is 9.47 Å². The molecular weight excluding hydrogens is 296 g/mol. The van der Waals surface area contributed by atoms with Crippen molar-refractivity contribution in [3.05, 3.63) is 53.1 Å². The molecule has 0 aliphatic heterocycles. The summed E-state index contributed by atoms with van der Waals surface area (Å²) in [6.07, 6.45) is 4.25. The zero-order valence-corrected chi connectivity index (χ0v) is 16.3. The third-order valence-corrected chi connectivity index (χ3v) is 3.98. The molecule has 132 valence electrons. The van der Waals surface area contributed by atoms with E-state index < -0.39 is 5.79 Å². The molecule has 0 aliphatic rings. The maximum absolute atomic E-state index is 5.87. The van der Waals surface area contributed by atoms with Crippen molar-refractivity contribution in [1.82, 2.24) is 0 Å². The summed E-state index contributed by atoms with van der Waals surface area (Å²) in [5, 5.41) is 2.47. The molecule has 0 unspecified atom stereocenters. The van der Waals surface area contributed by atoms with Crippen LogP contribution in [0.5, 0.6) is 0 Å². The van der Waals surface area contributed by atoms with Gasteiger partial charge in [-0.3, -0.25) is 0 Å². The largest absolute Gasteiger partial charge is 0.346 e. The van der Waals surface area contributed by atoms with Crippen LogP contribution in [0.2, 0.25) is 0 Å². The van der Waals surface area contributed by atoms with E-state index in [1.165, 1.54) is 21.9 Å². The van der Waals surface area contributed by atoms with Gasteiger partial charge in [-0.2, -0.15) is 0 Å². The summed E-state index contributed by atoms with van der Waals surface area (Å²) in [6, 6.07) is 10.8. The predicted octanol–water partition coefficient (Wildman–Crippen LogP) is 6.45. The summed E-state index contributed by atoms with van der Waals surface area (Å²) >= 11 is 0. The molecule has 0 fully saturated rings. The van der Waals surface area contributed by atoms with Gasteiger partial charge in [0.05, 0.1) is 0 Å². The van der Waals surface area contributed by atoms with E-state index in [4.69, 9.17) is 9.47 Å². The van der Waals surface area contributed by atoms with Crippen LogP contribution in [0.1, 0.15) is 58.2 Å². The second kappa shape index (κ2) is 9.61. The second-order valence-electron chi connectivity index (χ2n) is 5.54. The van der Waals surface area contributed by atoms with E-state index in [1.807, 2.05) is 41.5 Å². The average Bonchev–Trinajstić information content (AvgIpc) is 2.59. The Morgan fingerprint density at radius 2 is 1.62 bits per heavy atom. The number of allylic oxidation sites excluding steroid dienone is 1. The quantitative estimate of drug-likeness (QED) is 0.567. The first-order chi connectivity index (χ1) is 11.6. The summed E-state index contributed by atoms with van der Waals surface area (Å²) in [5.41, 5.74) is 3.62. The highest BCUT2D eigenvalue weighted by Gasteiger charge is 2.27. The Bertz CT molecular complexity index is 665. The third-order valence-electron chi connectivity index (χ3n) is 3.98. The molecule has 0 saturated heterocycles. The standard InChI is InChI=1S/C20H26O2.C2H6/c1-6-9-18-15(4)10-11-16-14-17(12-13-19(16)18)20(5,21-7-2)22-8-3;1-2/h6,9-14H,7-8H2,1-5H3;1-2H3/b9-6-;. The normalized spacial score (nSPS) is 11.6. The molecule has 0 spiro atoms. The summed E-state index contributed by atoms with van der Waals surface area (Å²) in [6.45, 7) is 15.4. The maximum Gasteiger partial charge on any atom is 0.191 e. The van der Waals surface area contributed by atoms with Crippen LogP contribution in [0.3, 0.4) is 0 Å². The van der Waals surface area contributed by atoms with Gasteiger partial charge in [-0.25, -0.2) is 0 Å². The number of fused-ring (bicyclic) bond motifs is 1. The van der Waals surface area contributed by atoms with Gasteiger partial charge in [-0.1, -0.05) is 50.3 Å². The highest BCUT2D eigenvalue weighted by Crippen LogP contribution is 2.32. The molecule has 2 rings (SSSR count). The Kier molecular flexibility index (Phi) is 8.17. The highest BCUT2D eigenvalue weighted by molar-refractivity contribution is 5.92. The lowest BCUT2D eigenvalue weighted by atomic mass is 9.95. The summed E-state index contributed by atoms with van der Waals surface area (Å²) in [4.78, 5) is 0. The smallest absolute Gasteiger partial charge is 0.191 e. The van der Waals surface area contributed by atoms with Gasteiger partial charge in [0.25, 0.3) is 0 Å². The minimum absolute atomic E-state index is 0.617. The van der Waals surface area contributed by atoms with E-state index in [-0.39, 0.29) is 0 Å².